The maximum atomic E-state index is 13.5. The second kappa shape index (κ2) is 9.37. The Kier molecular flexibility index (Phi) is 6.54. The lowest BCUT2D eigenvalue weighted by Gasteiger charge is -2.23. The summed E-state index contributed by atoms with van der Waals surface area (Å²) < 4.78 is 11.3. The zero-order valence-electron chi connectivity index (χ0n) is 18.4. The van der Waals surface area contributed by atoms with Gasteiger partial charge in [-0.05, 0) is 42.3 Å². The molecule has 1 aliphatic heterocycles. The number of carbonyl (C=O) groups is 2. The second-order valence-electron chi connectivity index (χ2n) is 7.88. The Morgan fingerprint density at radius 3 is 2.48 bits per heavy atom. The molecule has 0 bridgehead atoms. The highest BCUT2D eigenvalue weighted by Crippen LogP contribution is 2.44. The summed E-state index contributed by atoms with van der Waals surface area (Å²) in [5.41, 5.74) is 0.404. The standard InChI is InChI=1S/C26H24BrNO5/c1-32-19-9-10-20(24(15-19)33-2)23(29)16-26(31)21-14-18(27)8-11-22(21)28(25(26)30)13-12-17-6-4-3-5-7-17/h3-11,14-15,31H,12-13,16H2,1-2H3/t26-/m0/s1. The molecule has 0 aliphatic carbocycles. The molecule has 0 unspecified atom stereocenters. The van der Waals surface area contributed by atoms with Crippen molar-refractivity contribution >= 4 is 33.3 Å². The molecule has 1 amide bonds. The summed E-state index contributed by atoms with van der Waals surface area (Å²) in [7, 11) is 2.98. The van der Waals surface area contributed by atoms with E-state index in [0.29, 0.717) is 40.2 Å². The number of hydrogen-bond donors (Lipinski definition) is 1. The van der Waals surface area contributed by atoms with Crippen molar-refractivity contribution in [1.29, 1.82) is 0 Å². The second-order valence-corrected chi connectivity index (χ2v) is 8.80. The monoisotopic (exact) mass is 509 g/mol. The number of nitrogens with zero attached hydrogens (tertiary/aromatic N) is 1. The van der Waals surface area contributed by atoms with Crippen LogP contribution in [0.1, 0.15) is 27.9 Å². The normalized spacial score (nSPS) is 17.1. The van der Waals surface area contributed by atoms with Gasteiger partial charge in [0.25, 0.3) is 5.91 Å². The van der Waals surface area contributed by atoms with Gasteiger partial charge >= 0.3 is 0 Å². The summed E-state index contributed by atoms with van der Waals surface area (Å²) >= 11 is 3.42. The van der Waals surface area contributed by atoms with E-state index in [1.54, 1.807) is 35.2 Å². The minimum Gasteiger partial charge on any atom is -0.497 e. The molecule has 0 saturated carbocycles. The molecule has 0 radical (unpaired) electrons. The molecular weight excluding hydrogens is 486 g/mol. The van der Waals surface area contributed by atoms with Crippen molar-refractivity contribution in [3.63, 3.8) is 0 Å². The highest BCUT2D eigenvalue weighted by molar-refractivity contribution is 9.10. The van der Waals surface area contributed by atoms with E-state index in [4.69, 9.17) is 9.47 Å². The highest BCUT2D eigenvalue weighted by atomic mass is 79.9. The Hall–Kier alpha value is -3.16. The predicted molar refractivity (Wildman–Crippen MR) is 129 cm³/mol. The van der Waals surface area contributed by atoms with Crippen LogP contribution < -0.4 is 14.4 Å². The summed E-state index contributed by atoms with van der Waals surface area (Å²) in [6, 6.07) is 20.0. The quantitative estimate of drug-likeness (QED) is 0.452. The molecule has 0 spiro atoms. The van der Waals surface area contributed by atoms with Crippen LogP contribution in [-0.2, 0) is 16.8 Å². The number of ketones is 1. The van der Waals surface area contributed by atoms with Crippen molar-refractivity contribution in [3.8, 4) is 11.5 Å². The third kappa shape index (κ3) is 4.38. The fraction of sp³-hybridized carbons (Fsp3) is 0.231. The number of rotatable bonds is 8. The molecular formula is C26H24BrNO5. The van der Waals surface area contributed by atoms with Crippen molar-refractivity contribution < 1.29 is 24.2 Å². The van der Waals surface area contributed by atoms with Crippen molar-refractivity contribution in [2.75, 3.05) is 25.7 Å². The minimum atomic E-state index is -1.97. The molecule has 170 valence electrons. The molecule has 0 fully saturated rings. The summed E-state index contributed by atoms with van der Waals surface area (Å²) in [5.74, 6) is -0.0437. The number of fused-ring (bicyclic) bond motifs is 1. The largest absolute Gasteiger partial charge is 0.497 e. The molecule has 1 atom stereocenters. The van der Waals surface area contributed by atoms with E-state index in [9.17, 15) is 14.7 Å². The third-order valence-corrected chi connectivity index (χ3v) is 6.38. The molecule has 1 heterocycles. The van der Waals surface area contributed by atoms with Crippen LogP contribution in [0.2, 0.25) is 0 Å². The van der Waals surface area contributed by atoms with Gasteiger partial charge in [0.1, 0.15) is 11.5 Å². The number of carbonyl (C=O) groups excluding carboxylic acids is 2. The van der Waals surface area contributed by atoms with E-state index in [2.05, 4.69) is 15.9 Å². The number of Topliss-reactive ketones (excluding diaryl/α,β-unsaturated/α-hetero) is 1. The van der Waals surface area contributed by atoms with Gasteiger partial charge in [-0.1, -0.05) is 46.3 Å². The third-order valence-electron chi connectivity index (χ3n) is 5.89. The molecule has 1 N–H and O–H groups in total. The van der Waals surface area contributed by atoms with E-state index in [1.807, 2.05) is 36.4 Å². The van der Waals surface area contributed by atoms with E-state index in [-0.39, 0.29) is 5.56 Å². The lowest BCUT2D eigenvalue weighted by Crippen LogP contribution is -2.42. The Bertz CT molecular complexity index is 1200. The fourth-order valence-electron chi connectivity index (χ4n) is 4.16. The van der Waals surface area contributed by atoms with Crippen molar-refractivity contribution in [2.45, 2.75) is 18.4 Å². The van der Waals surface area contributed by atoms with Crippen LogP contribution in [0.15, 0.2) is 71.2 Å². The zero-order chi connectivity index (χ0) is 23.6. The number of aliphatic hydroxyl groups is 1. The molecule has 1 aliphatic rings. The van der Waals surface area contributed by atoms with E-state index in [1.165, 1.54) is 14.2 Å². The molecule has 6 nitrogen and oxygen atoms in total. The number of benzene rings is 3. The van der Waals surface area contributed by atoms with E-state index < -0.39 is 23.7 Å². The molecule has 3 aromatic carbocycles. The average molecular weight is 510 g/mol. The molecule has 7 heteroatoms. The van der Waals surface area contributed by atoms with Gasteiger partial charge in [0.05, 0.1) is 31.9 Å². The van der Waals surface area contributed by atoms with Crippen LogP contribution in [0.5, 0.6) is 11.5 Å². The van der Waals surface area contributed by atoms with Gasteiger partial charge in [-0.2, -0.15) is 0 Å². The molecule has 0 aromatic heterocycles. The maximum absolute atomic E-state index is 13.5. The number of methoxy groups -OCH3 is 2. The number of anilines is 1. The molecule has 0 saturated heterocycles. The first-order valence-corrected chi connectivity index (χ1v) is 11.3. The summed E-state index contributed by atoms with van der Waals surface area (Å²) in [6.07, 6.45) is 0.220. The predicted octanol–water partition coefficient (Wildman–Crippen LogP) is 4.52. The van der Waals surface area contributed by atoms with Crippen LogP contribution in [0.4, 0.5) is 5.69 Å². The molecule has 4 rings (SSSR count). The average Bonchev–Trinajstić information content (AvgIpc) is 3.03. The first-order valence-electron chi connectivity index (χ1n) is 10.5. The van der Waals surface area contributed by atoms with Crippen LogP contribution >= 0.6 is 15.9 Å². The minimum absolute atomic E-state index is 0.277. The van der Waals surface area contributed by atoms with Gasteiger partial charge < -0.3 is 19.5 Å². The topological polar surface area (TPSA) is 76.1 Å². The Morgan fingerprint density at radius 2 is 1.79 bits per heavy atom. The van der Waals surface area contributed by atoms with Gasteiger partial charge in [0.2, 0.25) is 0 Å². The Labute approximate surface area is 200 Å². The van der Waals surface area contributed by atoms with Crippen molar-refractivity contribution in [3.05, 3.63) is 87.9 Å². The SMILES string of the molecule is COc1ccc(C(=O)C[C@@]2(O)C(=O)N(CCc3ccccc3)c3ccc(Br)cc32)c(OC)c1. The lowest BCUT2D eigenvalue weighted by molar-refractivity contribution is -0.135. The summed E-state index contributed by atoms with van der Waals surface area (Å²) in [4.78, 5) is 28.3. The number of amides is 1. The Morgan fingerprint density at radius 1 is 1.03 bits per heavy atom. The van der Waals surface area contributed by atoms with Crippen LogP contribution in [0, 0.1) is 0 Å². The smallest absolute Gasteiger partial charge is 0.264 e. The molecule has 33 heavy (non-hydrogen) atoms. The number of halogens is 1. The summed E-state index contributed by atoms with van der Waals surface area (Å²) in [5, 5.41) is 11.6. The Balaban J connectivity index is 1.65. The molecule has 3 aromatic rings. The van der Waals surface area contributed by atoms with Crippen molar-refractivity contribution in [2.24, 2.45) is 0 Å². The van der Waals surface area contributed by atoms with E-state index in [0.717, 1.165) is 5.56 Å². The van der Waals surface area contributed by atoms with Gasteiger partial charge in [-0.25, -0.2) is 0 Å². The first kappa shape index (κ1) is 23.0. The van der Waals surface area contributed by atoms with Gasteiger partial charge in [0, 0.05) is 22.6 Å². The first-order chi connectivity index (χ1) is 15.9. The number of hydrogen-bond acceptors (Lipinski definition) is 5. The zero-order valence-corrected chi connectivity index (χ0v) is 20.0. The maximum Gasteiger partial charge on any atom is 0.264 e. The van der Waals surface area contributed by atoms with Crippen LogP contribution in [0.25, 0.3) is 0 Å². The fourth-order valence-corrected chi connectivity index (χ4v) is 4.52. The lowest BCUT2D eigenvalue weighted by atomic mass is 9.88. The van der Waals surface area contributed by atoms with Crippen LogP contribution in [-0.4, -0.2) is 37.6 Å². The number of ether oxygens (including phenoxy) is 2. The van der Waals surface area contributed by atoms with Gasteiger partial charge in [0.15, 0.2) is 11.4 Å². The van der Waals surface area contributed by atoms with Gasteiger partial charge in [-0.3, -0.25) is 9.59 Å². The summed E-state index contributed by atoms with van der Waals surface area (Å²) in [6.45, 7) is 0.389. The van der Waals surface area contributed by atoms with Crippen LogP contribution in [0.3, 0.4) is 0 Å². The van der Waals surface area contributed by atoms with Crippen molar-refractivity contribution in [1.82, 2.24) is 0 Å². The van der Waals surface area contributed by atoms with E-state index >= 15 is 0 Å². The van der Waals surface area contributed by atoms with Gasteiger partial charge in [-0.15, -0.1) is 0 Å². The highest BCUT2D eigenvalue weighted by Gasteiger charge is 2.51.